The fraction of sp³-hybridized carbons (Fsp3) is 0.500. The van der Waals surface area contributed by atoms with E-state index in [0.717, 1.165) is 0 Å². The largest absolute Gasteiger partial charge is 0.206 e. The zero-order chi connectivity index (χ0) is 7.33. The molecule has 0 saturated heterocycles. The summed E-state index contributed by atoms with van der Waals surface area (Å²) in [6, 6.07) is 0. The van der Waals surface area contributed by atoms with E-state index in [4.69, 9.17) is 4.84 Å². The summed E-state index contributed by atoms with van der Waals surface area (Å²) in [5, 5.41) is 3.48. The van der Waals surface area contributed by atoms with E-state index in [2.05, 4.69) is 21.9 Å². The first-order valence-corrected chi connectivity index (χ1v) is 4.73. The summed E-state index contributed by atoms with van der Waals surface area (Å²) in [5.74, 6) is 0. The molecule has 0 aromatic carbocycles. The third-order valence-electron chi connectivity index (χ3n) is 0.820. The molecule has 0 aliphatic carbocycles. The summed E-state index contributed by atoms with van der Waals surface area (Å²) >= 11 is -0.328. The Morgan fingerprint density at radius 2 is 2.33 bits per heavy atom. The van der Waals surface area contributed by atoms with Crippen LogP contribution in [-0.2, 0) is 4.84 Å². The van der Waals surface area contributed by atoms with Gasteiger partial charge in [-0.1, -0.05) is 0 Å². The second kappa shape index (κ2) is 3.91. The number of hydrazone groups is 1. The molecule has 1 unspecified atom stereocenters. The maximum Gasteiger partial charge on any atom is 0.206 e. The van der Waals surface area contributed by atoms with Crippen molar-refractivity contribution in [3.8, 4) is 0 Å². The third kappa shape index (κ3) is 2.87. The quantitative estimate of drug-likeness (QED) is 0.337. The van der Waals surface area contributed by atoms with Crippen molar-refractivity contribution in [3.63, 3.8) is 0 Å². The lowest BCUT2D eigenvalue weighted by atomic mass is 11.4. The molecule has 4 nitrogen and oxygen atoms in total. The SMILES string of the molecule is C=NN[N+](C)(OC)I=C. The van der Waals surface area contributed by atoms with Crippen LogP contribution >= 0.6 is 21.0 Å². The molecule has 0 aromatic heterocycles. The van der Waals surface area contributed by atoms with Gasteiger partial charge in [-0.3, -0.25) is 0 Å². The van der Waals surface area contributed by atoms with Crippen molar-refractivity contribution in [1.82, 2.24) is 5.53 Å². The van der Waals surface area contributed by atoms with E-state index >= 15 is 0 Å². The summed E-state index contributed by atoms with van der Waals surface area (Å²) in [4.78, 5) is 5.01. The van der Waals surface area contributed by atoms with Crippen LogP contribution in [0.25, 0.3) is 0 Å². The number of nitrogens with one attached hydrogen (secondary N) is 1. The number of halogens is 1. The zero-order valence-electron chi connectivity index (χ0n) is 5.59. The maximum absolute atomic E-state index is 5.01. The number of nitrogens with zero attached hydrogens (tertiary/aromatic N) is 2. The van der Waals surface area contributed by atoms with Crippen LogP contribution in [0.15, 0.2) is 5.10 Å². The Bertz CT molecular complexity index is 118. The summed E-state index contributed by atoms with van der Waals surface area (Å²) < 4.78 is 4.01. The highest BCUT2D eigenvalue weighted by atomic mass is 127. The van der Waals surface area contributed by atoms with Gasteiger partial charge in [0.2, 0.25) is 21.0 Å². The molecule has 0 saturated carbocycles. The molecule has 0 fully saturated rings. The van der Waals surface area contributed by atoms with E-state index in [1.807, 2.05) is 7.05 Å². The van der Waals surface area contributed by atoms with Gasteiger partial charge in [0, 0.05) is 6.72 Å². The zero-order valence-corrected chi connectivity index (χ0v) is 7.75. The molecule has 0 aliphatic rings. The molecule has 0 spiro atoms. The fourth-order valence-corrected chi connectivity index (χ4v) is 0.826. The molecule has 0 bridgehead atoms. The van der Waals surface area contributed by atoms with Crippen molar-refractivity contribution in [1.29, 1.82) is 0 Å². The number of hydroxylamine groups is 1. The Labute approximate surface area is 65.1 Å². The van der Waals surface area contributed by atoms with Gasteiger partial charge in [0.1, 0.15) is 7.05 Å². The maximum atomic E-state index is 5.01. The molecule has 0 aliphatic heterocycles. The number of hydrogen-bond acceptors (Lipinski definition) is 3. The molecular formula is C4H11IN3O+. The van der Waals surface area contributed by atoms with Crippen LogP contribution in [0.1, 0.15) is 0 Å². The molecule has 0 rings (SSSR count). The van der Waals surface area contributed by atoms with E-state index in [1.165, 1.54) is 0 Å². The molecule has 9 heavy (non-hydrogen) atoms. The lowest BCUT2D eigenvalue weighted by molar-refractivity contribution is -0.980. The van der Waals surface area contributed by atoms with Crippen molar-refractivity contribution < 1.29 is 7.81 Å². The monoisotopic (exact) mass is 244 g/mol. The third-order valence-corrected chi connectivity index (χ3v) is 2.73. The summed E-state index contributed by atoms with van der Waals surface area (Å²) in [6.07, 6.45) is 0. The second-order valence-electron chi connectivity index (χ2n) is 1.38. The second-order valence-corrected chi connectivity index (χ2v) is 3.90. The lowest BCUT2D eigenvalue weighted by Crippen LogP contribution is -2.42. The smallest absolute Gasteiger partial charge is 0.171 e. The van der Waals surface area contributed by atoms with Crippen LogP contribution in [-0.4, -0.2) is 28.4 Å². The minimum Gasteiger partial charge on any atom is -0.171 e. The molecule has 5 heteroatoms. The average Bonchev–Trinajstić information content (AvgIpc) is 1.89. The van der Waals surface area contributed by atoms with Crippen LogP contribution in [0.5, 0.6) is 0 Å². The Kier molecular flexibility index (Phi) is 3.91. The van der Waals surface area contributed by atoms with Gasteiger partial charge < -0.3 is 0 Å². The van der Waals surface area contributed by atoms with Gasteiger partial charge in [-0.15, -0.1) is 10.6 Å². The van der Waals surface area contributed by atoms with Gasteiger partial charge >= 0.3 is 0 Å². The molecule has 0 aromatic rings. The van der Waals surface area contributed by atoms with Crippen molar-refractivity contribution >= 4 is 32.2 Å². The predicted octanol–water partition coefficient (Wildman–Crippen LogP) is 0.432. The highest BCUT2D eigenvalue weighted by Gasteiger charge is 2.16. The minimum atomic E-state index is -0.328. The molecule has 0 heterocycles. The normalized spacial score (nSPS) is 16.2. The van der Waals surface area contributed by atoms with Gasteiger partial charge in [-0.25, -0.2) is 0 Å². The van der Waals surface area contributed by atoms with E-state index in [9.17, 15) is 0 Å². The molecule has 1 atom stereocenters. The van der Waals surface area contributed by atoms with Crippen LogP contribution in [0.3, 0.4) is 0 Å². The van der Waals surface area contributed by atoms with Gasteiger partial charge in [0.05, 0.1) is 7.11 Å². The number of hydrogen-bond donors (Lipinski definition) is 1. The van der Waals surface area contributed by atoms with Crippen molar-refractivity contribution in [2.45, 2.75) is 0 Å². The highest BCUT2D eigenvalue weighted by molar-refractivity contribution is 14.1. The summed E-state index contributed by atoms with van der Waals surface area (Å²) in [7, 11) is 3.44. The fourth-order valence-electron chi connectivity index (χ4n) is 0.243. The lowest BCUT2D eigenvalue weighted by Gasteiger charge is -2.19. The molecule has 0 radical (unpaired) electrons. The van der Waals surface area contributed by atoms with Crippen molar-refractivity contribution in [2.75, 3.05) is 14.2 Å². The first kappa shape index (κ1) is 8.99. The predicted molar refractivity (Wildman–Crippen MR) is 47.0 cm³/mol. The minimum absolute atomic E-state index is 0.252. The van der Waals surface area contributed by atoms with Gasteiger partial charge in [-0.05, 0) is 7.48 Å². The Balaban J connectivity index is 3.90. The van der Waals surface area contributed by atoms with E-state index in [-0.39, 0.29) is 24.0 Å². The Morgan fingerprint density at radius 1 is 1.78 bits per heavy atom. The molecule has 54 valence electrons. The van der Waals surface area contributed by atoms with E-state index < -0.39 is 0 Å². The van der Waals surface area contributed by atoms with Crippen LogP contribution in [0, 0.1) is 0 Å². The van der Waals surface area contributed by atoms with E-state index in [1.54, 1.807) is 7.11 Å². The van der Waals surface area contributed by atoms with Gasteiger partial charge in [-0.2, -0.15) is 4.84 Å². The molecule has 0 amide bonds. The van der Waals surface area contributed by atoms with E-state index in [0.29, 0.717) is 0 Å². The van der Waals surface area contributed by atoms with Gasteiger partial charge in [0.15, 0.2) is 0 Å². The van der Waals surface area contributed by atoms with Crippen molar-refractivity contribution in [3.05, 3.63) is 0 Å². The van der Waals surface area contributed by atoms with Crippen LogP contribution < -0.4 is 5.53 Å². The van der Waals surface area contributed by atoms with Crippen molar-refractivity contribution in [2.24, 2.45) is 5.10 Å². The standard InChI is InChI=1S/C4H11IN3O/c1-5-8(3,9-4)7-6-2/h7H,1-2H2,3-4H3/q+1. The van der Waals surface area contributed by atoms with Gasteiger partial charge in [0.25, 0.3) is 0 Å². The first-order valence-electron chi connectivity index (χ1n) is 2.24. The number of rotatable bonds is 4. The first-order chi connectivity index (χ1) is 4.18. The Hall–Kier alpha value is -0.0100. The van der Waals surface area contributed by atoms with Crippen LogP contribution in [0.4, 0.5) is 0 Å². The topological polar surface area (TPSA) is 33.6 Å². The average molecular weight is 244 g/mol. The Morgan fingerprint density at radius 3 is 2.44 bits per heavy atom. The molecule has 1 N–H and O–H groups in total. The number of quaternary nitrogens is 1. The molecular weight excluding hydrogens is 233 g/mol. The summed E-state index contributed by atoms with van der Waals surface area (Å²) in [6.45, 7) is 3.27. The van der Waals surface area contributed by atoms with Crippen LogP contribution in [0.2, 0.25) is 0 Å². The highest BCUT2D eigenvalue weighted by Crippen LogP contribution is 2.11. The summed E-state index contributed by atoms with van der Waals surface area (Å²) in [5.41, 5.74) is 2.67.